The van der Waals surface area contributed by atoms with Crippen LogP contribution in [0.3, 0.4) is 0 Å². The lowest BCUT2D eigenvalue weighted by molar-refractivity contribution is -0.130. The number of aryl methyl sites for hydroxylation is 1. The summed E-state index contributed by atoms with van der Waals surface area (Å²) in [6.45, 7) is 10.2. The number of sulfonamides is 1. The third-order valence-corrected chi connectivity index (χ3v) is 6.86. The minimum Gasteiger partial charge on any atom is -0.339 e. The van der Waals surface area contributed by atoms with Crippen LogP contribution in [0, 0.1) is 0 Å². The van der Waals surface area contributed by atoms with Crippen LogP contribution in [0.1, 0.15) is 51.5 Å². The molecule has 1 saturated heterocycles. The van der Waals surface area contributed by atoms with E-state index in [0.717, 1.165) is 36.8 Å². The van der Waals surface area contributed by atoms with Gasteiger partial charge in [-0.2, -0.15) is 4.31 Å². The third-order valence-electron chi connectivity index (χ3n) is 4.95. The maximum atomic E-state index is 12.8. The van der Waals surface area contributed by atoms with Gasteiger partial charge in [0.1, 0.15) is 0 Å². The van der Waals surface area contributed by atoms with E-state index in [4.69, 9.17) is 0 Å². The van der Waals surface area contributed by atoms with Gasteiger partial charge in [-0.3, -0.25) is 4.79 Å². The summed E-state index contributed by atoms with van der Waals surface area (Å²) in [6.07, 6.45) is 5.07. The molecule has 150 valence electrons. The lowest BCUT2D eigenvalue weighted by Gasteiger charge is -2.21. The molecule has 5 nitrogen and oxygen atoms in total. The predicted octanol–water partition coefficient (Wildman–Crippen LogP) is 3.61. The Hall–Kier alpha value is -1.66. The average molecular weight is 393 g/mol. The highest BCUT2D eigenvalue weighted by atomic mass is 32.2. The van der Waals surface area contributed by atoms with Gasteiger partial charge in [0.05, 0.1) is 4.90 Å². The summed E-state index contributed by atoms with van der Waals surface area (Å²) in [7, 11) is -3.42. The van der Waals surface area contributed by atoms with Crippen molar-refractivity contribution in [1.29, 1.82) is 0 Å². The van der Waals surface area contributed by atoms with Crippen LogP contribution in [0.5, 0.6) is 0 Å². The van der Waals surface area contributed by atoms with E-state index in [0.29, 0.717) is 43.9 Å². The summed E-state index contributed by atoms with van der Waals surface area (Å²) in [5.74, 6) is 0.0989. The molecule has 0 aromatic heterocycles. The molecule has 1 fully saturated rings. The minimum absolute atomic E-state index is 0.0989. The highest BCUT2D eigenvalue weighted by Crippen LogP contribution is 2.21. The molecule has 6 heteroatoms. The van der Waals surface area contributed by atoms with Crippen molar-refractivity contribution in [2.24, 2.45) is 0 Å². The van der Waals surface area contributed by atoms with E-state index in [1.165, 1.54) is 0 Å². The molecular formula is C21H32N2O3S. The Kier molecular flexibility index (Phi) is 8.05. The van der Waals surface area contributed by atoms with Gasteiger partial charge in [0.15, 0.2) is 0 Å². The van der Waals surface area contributed by atoms with E-state index in [-0.39, 0.29) is 5.91 Å². The van der Waals surface area contributed by atoms with E-state index in [9.17, 15) is 13.2 Å². The van der Waals surface area contributed by atoms with E-state index >= 15 is 0 Å². The molecular weight excluding hydrogens is 360 g/mol. The molecule has 1 aromatic rings. The number of amides is 1. The van der Waals surface area contributed by atoms with Gasteiger partial charge in [-0.25, -0.2) is 8.42 Å². The van der Waals surface area contributed by atoms with E-state index in [1.54, 1.807) is 21.3 Å². The van der Waals surface area contributed by atoms with Gasteiger partial charge in [0.2, 0.25) is 15.9 Å². The van der Waals surface area contributed by atoms with Crippen molar-refractivity contribution in [3.63, 3.8) is 0 Å². The lowest BCUT2D eigenvalue weighted by Crippen LogP contribution is -2.32. The maximum Gasteiger partial charge on any atom is 0.243 e. The molecule has 0 saturated carbocycles. The zero-order valence-electron chi connectivity index (χ0n) is 16.6. The Morgan fingerprint density at radius 1 is 1.11 bits per heavy atom. The second-order valence-electron chi connectivity index (χ2n) is 7.33. The summed E-state index contributed by atoms with van der Waals surface area (Å²) in [5, 5.41) is 0. The fraction of sp³-hybridized carbons (Fsp3) is 0.571. The van der Waals surface area contributed by atoms with Crippen LogP contribution in [0.4, 0.5) is 0 Å². The van der Waals surface area contributed by atoms with E-state index in [1.807, 2.05) is 26.0 Å². The molecule has 1 aromatic carbocycles. The molecule has 0 radical (unpaired) electrons. The fourth-order valence-electron chi connectivity index (χ4n) is 3.37. The number of benzene rings is 1. The molecule has 1 amide bonds. The molecule has 1 aliphatic rings. The molecule has 0 atom stereocenters. The molecule has 27 heavy (non-hydrogen) atoms. The van der Waals surface area contributed by atoms with Crippen molar-refractivity contribution in [2.75, 3.05) is 26.2 Å². The lowest BCUT2D eigenvalue weighted by atomic mass is 10.1. The molecule has 0 aliphatic carbocycles. The first kappa shape index (κ1) is 21.6. The average Bonchev–Trinajstić information content (AvgIpc) is 2.94. The van der Waals surface area contributed by atoms with Crippen LogP contribution < -0.4 is 0 Å². The van der Waals surface area contributed by atoms with Crippen molar-refractivity contribution in [3.05, 3.63) is 42.0 Å². The van der Waals surface area contributed by atoms with E-state index < -0.39 is 10.0 Å². The first-order chi connectivity index (χ1) is 12.8. The Balaban J connectivity index is 1.98. The van der Waals surface area contributed by atoms with Crippen molar-refractivity contribution in [3.8, 4) is 0 Å². The predicted molar refractivity (Wildman–Crippen MR) is 109 cm³/mol. The second-order valence-corrected chi connectivity index (χ2v) is 9.27. The number of hydrogen-bond donors (Lipinski definition) is 0. The molecule has 1 aliphatic heterocycles. The van der Waals surface area contributed by atoms with Crippen LogP contribution >= 0.6 is 0 Å². The number of hydrogen-bond acceptors (Lipinski definition) is 3. The molecule has 1 heterocycles. The van der Waals surface area contributed by atoms with Gasteiger partial charge in [0.25, 0.3) is 0 Å². The first-order valence-corrected chi connectivity index (χ1v) is 11.3. The van der Waals surface area contributed by atoms with Crippen LogP contribution in [-0.2, 0) is 21.2 Å². The van der Waals surface area contributed by atoms with Gasteiger partial charge in [-0.15, -0.1) is 0 Å². The van der Waals surface area contributed by atoms with Crippen molar-refractivity contribution in [2.45, 2.75) is 57.3 Å². The topological polar surface area (TPSA) is 57.7 Å². The second kappa shape index (κ2) is 10.0. The largest absolute Gasteiger partial charge is 0.339 e. The summed E-state index contributed by atoms with van der Waals surface area (Å²) < 4.78 is 27.2. The standard InChI is InChI=1S/C21H32N2O3S/c1-4-22(17-18(2)3)21(24)14-11-19-9-12-20(13-10-19)27(25,26)23-15-7-5-6-8-16-23/h9-10,12-13H,2,4-8,11,14-17H2,1,3H3. The third kappa shape index (κ3) is 6.18. The highest BCUT2D eigenvalue weighted by molar-refractivity contribution is 7.89. The van der Waals surface area contributed by atoms with Gasteiger partial charge in [-0.1, -0.05) is 37.1 Å². The fourth-order valence-corrected chi connectivity index (χ4v) is 4.89. The summed E-state index contributed by atoms with van der Waals surface area (Å²) in [6, 6.07) is 7.00. The SMILES string of the molecule is C=C(C)CN(CC)C(=O)CCc1ccc(S(=O)(=O)N2CCCCCC2)cc1. The van der Waals surface area contributed by atoms with Gasteiger partial charge >= 0.3 is 0 Å². The van der Waals surface area contributed by atoms with Crippen molar-refractivity contribution >= 4 is 15.9 Å². The van der Waals surface area contributed by atoms with Crippen molar-refractivity contribution in [1.82, 2.24) is 9.21 Å². The summed E-state index contributed by atoms with van der Waals surface area (Å²) >= 11 is 0. The van der Waals surface area contributed by atoms with Gasteiger partial charge < -0.3 is 4.90 Å². The van der Waals surface area contributed by atoms with Gasteiger partial charge in [0, 0.05) is 32.6 Å². The normalized spacial score (nSPS) is 15.9. The van der Waals surface area contributed by atoms with Gasteiger partial charge in [-0.05, 0) is 50.8 Å². The quantitative estimate of drug-likeness (QED) is 0.635. The Labute approximate surface area is 164 Å². The zero-order valence-corrected chi connectivity index (χ0v) is 17.4. The highest BCUT2D eigenvalue weighted by Gasteiger charge is 2.24. The summed E-state index contributed by atoms with van der Waals surface area (Å²) in [5.41, 5.74) is 1.94. The van der Waals surface area contributed by atoms with Crippen LogP contribution in [0.25, 0.3) is 0 Å². The number of carbonyl (C=O) groups is 1. The molecule has 0 spiro atoms. The first-order valence-electron chi connectivity index (χ1n) is 9.86. The number of rotatable bonds is 8. The van der Waals surface area contributed by atoms with Crippen LogP contribution in [0.2, 0.25) is 0 Å². The molecule has 0 bridgehead atoms. The number of nitrogens with zero attached hydrogens (tertiary/aromatic N) is 2. The van der Waals surface area contributed by atoms with E-state index in [2.05, 4.69) is 6.58 Å². The molecule has 0 unspecified atom stereocenters. The monoisotopic (exact) mass is 392 g/mol. The Bertz CT molecular complexity index is 733. The molecule has 2 rings (SSSR count). The minimum atomic E-state index is -3.42. The van der Waals surface area contributed by atoms with Crippen LogP contribution in [0.15, 0.2) is 41.3 Å². The Morgan fingerprint density at radius 2 is 1.70 bits per heavy atom. The van der Waals surface area contributed by atoms with Crippen molar-refractivity contribution < 1.29 is 13.2 Å². The maximum absolute atomic E-state index is 12.8. The Morgan fingerprint density at radius 3 is 2.22 bits per heavy atom. The molecule has 0 N–H and O–H groups in total. The smallest absolute Gasteiger partial charge is 0.243 e. The number of carbonyl (C=O) groups excluding carboxylic acids is 1. The number of likely N-dealkylation sites (N-methyl/N-ethyl adjacent to an activating group) is 1. The zero-order chi connectivity index (χ0) is 19.9. The van der Waals surface area contributed by atoms with Crippen LogP contribution in [-0.4, -0.2) is 49.7 Å². The summed E-state index contributed by atoms with van der Waals surface area (Å²) in [4.78, 5) is 14.5.